The van der Waals surface area contributed by atoms with E-state index in [-0.39, 0.29) is 16.8 Å². The van der Waals surface area contributed by atoms with Crippen LogP contribution in [0, 0.1) is 5.82 Å². The van der Waals surface area contributed by atoms with Crippen molar-refractivity contribution in [3.05, 3.63) is 53.1 Å². The van der Waals surface area contributed by atoms with E-state index in [0.29, 0.717) is 30.2 Å². The lowest BCUT2D eigenvalue weighted by Crippen LogP contribution is -2.29. The number of rotatable bonds is 8. The Bertz CT molecular complexity index is 970. The summed E-state index contributed by atoms with van der Waals surface area (Å²) in [6.07, 6.45) is 1.42. The van der Waals surface area contributed by atoms with Crippen LogP contribution in [-0.2, 0) is 11.3 Å². The molecule has 6 nitrogen and oxygen atoms in total. The van der Waals surface area contributed by atoms with E-state index >= 15 is 0 Å². The number of benzene rings is 2. The molecule has 0 fully saturated rings. The van der Waals surface area contributed by atoms with Crippen molar-refractivity contribution in [3.63, 3.8) is 0 Å². The number of nitrogens with zero attached hydrogens (tertiary/aromatic N) is 2. The Morgan fingerprint density at radius 3 is 2.79 bits per heavy atom. The molecule has 0 saturated heterocycles. The fourth-order valence-electron chi connectivity index (χ4n) is 2.88. The molecule has 0 radical (unpaired) electrons. The average molecular weight is 405 g/mol. The number of aromatic nitrogens is 2. The molecule has 28 heavy (non-hydrogen) atoms. The van der Waals surface area contributed by atoms with Crippen LogP contribution in [0.15, 0.2) is 36.7 Å². The minimum atomic E-state index is -0.528. The second-order valence-electron chi connectivity index (χ2n) is 6.37. The fourth-order valence-corrected chi connectivity index (χ4v) is 3.05. The lowest BCUT2D eigenvalue weighted by Gasteiger charge is -2.16. The molecular weight excluding hydrogens is 383 g/mol. The van der Waals surface area contributed by atoms with E-state index in [0.717, 1.165) is 10.9 Å². The van der Waals surface area contributed by atoms with E-state index in [2.05, 4.69) is 20.6 Å². The highest BCUT2D eigenvalue weighted by atomic mass is 35.5. The molecule has 0 aliphatic carbocycles. The predicted molar refractivity (Wildman–Crippen MR) is 109 cm³/mol. The summed E-state index contributed by atoms with van der Waals surface area (Å²) in [5, 5.41) is 7.19. The van der Waals surface area contributed by atoms with Crippen molar-refractivity contribution < 1.29 is 13.9 Å². The molecule has 0 unspecified atom stereocenters. The third kappa shape index (κ3) is 4.49. The summed E-state index contributed by atoms with van der Waals surface area (Å²) in [7, 11) is 3.28. The maximum absolute atomic E-state index is 14.3. The quantitative estimate of drug-likeness (QED) is 0.583. The van der Waals surface area contributed by atoms with E-state index < -0.39 is 5.82 Å². The molecule has 2 N–H and O–H groups in total. The molecule has 1 aromatic heterocycles. The molecule has 2 aromatic carbocycles. The van der Waals surface area contributed by atoms with Crippen molar-refractivity contribution in [1.29, 1.82) is 0 Å². The maximum Gasteiger partial charge on any atom is 0.165 e. The van der Waals surface area contributed by atoms with Crippen LogP contribution in [0.1, 0.15) is 12.5 Å². The minimum Gasteiger partial charge on any atom is -0.496 e. The monoisotopic (exact) mass is 404 g/mol. The molecule has 0 amide bonds. The third-order valence-electron chi connectivity index (χ3n) is 4.30. The number of halogens is 2. The van der Waals surface area contributed by atoms with Gasteiger partial charge in [0.25, 0.3) is 0 Å². The lowest BCUT2D eigenvalue weighted by atomic mass is 10.1. The topological polar surface area (TPSA) is 68.3 Å². The number of fused-ring (bicyclic) bond motifs is 1. The number of nitrogens with one attached hydrogen (secondary N) is 2. The van der Waals surface area contributed by atoms with Gasteiger partial charge in [-0.3, -0.25) is 0 Å². The van der Waals surface area contributed by atoms with Gasteiger partial charge in [0, 0.05) is 36.7 Å². The molecule has 0 aliphatic heterocycles. The standard InChI is InChI=1S/C20H22ClFN4O2/c1-12(10-27-2)23-9-13-7-14-17(8-18(13)28-3)24-11-25-20(14)26-16-6-4-5-15(21)19(16)22/h4-8,11-12,23H,9-10H2,1-3H3,(H,24,25,26)/t12-/m0/s1. The van der Waals surface area contributed by atoms with Gasteiger partial charge in [0.05, 0.1) is 29.9 Å². The Kier molecular flexibility index (Phi) is 6.61. The smallest absolute Gasteiger partial charge is 0.165 e. The van der Waals surface area contributed by atoms with Crippen LogP contribution < -0.4 is 15.4 Å². The van der Waals surface area contributed by atoms with Gasteiger partial charge < -0.3 is 20.1 Å². The summed E-state index contributed by atoms with van der Waals surface area (Å²) in [4.78, 5) is 8.59. The average Bonchev–Trinajstić information content (AvgIpc) is 2.69. The van der Waals surface area contributed by atoms with Gasteiger partial charge in [-0.2, -0.15) is 0 Å². The molecule has 0 spiro atoms. The number of methoxy groups -OCH3 is 2. The molecule has 3 rings (SSSR count). The van der Waals surface area contributed by atoms with E-state index in [1.54, 1.807) is 26.4 Å². The van der Waals surface area contributed by atoms with Gasteiger partial charge in [-0.25, -0.2) is 14.4 Å². The van der Waals surface area contributed by atoms with E-state index in [1.165, 1.54) is 12.4 Å². The van der Waals surface area contributed by atoms with Crippen molar-refractivity contribution in [1.82, 2.24) is 15.3 Å². The number of anilines is 2. The molecule has 148 valence electrons. The van der Waals surface area contributed by atoms with Crippen LogP contribution in [0.4, 0.5) is 15.9 Å². The molecule has 0 bridgehead atoms. The van der Waals surface area contributed by atoms with E-state index in [1.807, 2.05) is 19.1 Å². The van der Waals surface area contributed by atoms with Crippen LogP contribution >= 0.6 is 11.6 Å². The summed E-state index contributed by atoms with van der Waals surface area (Å²) in [5.74, 6) is 0.669. The zero-order valence-corrected chi connectivity index (χ0v) is 16.7. The number of hydrogen-bond acceptors (Lipinski definition) is 6. The maximum atomic E-state index is 14.3. The number of ether oxygens (including phenoxy) is 2. The summed E-state index contributed by atoms with van der Waals surface area (Å²) < 4.78 is 25.0. The van der Waals surface area contributed by atoms with Gasteiger partial charge in [0.15, 0.2) is 5.82 Å². The van der Waals surface area contributed by atoms with Gasteiger partial charge >= 0.3 is 0 Å². The number of hydrogen-bond donors (Lipinski definition) is 2. The second kappa shape index (κ2) is 9.14. The van der Waals surface area contributed by atoms with Crippen LogP contribution in [0.5, 0.6) is 5.75 Å². The van der Waals surface area contributed by atoms with Crippen LogP contribution in [0.2, 0.25) is 5.02 Å². The fraction of sp³-hybridized carbons (Fsp3) is 0.300. The Morgan fingerprint density at radius 2 is 2.04 bits per heavy atom. The van der Waals surface area contributed by atoms with Crippen molar-refractivity contribution in [2.24, 2.45) is 0 Å². The third-order valence-corrected chi connectivity index (χ3v) is 4.59. The first-order chi connectivity index (χ1) is 13.5. The normalized spacial score (nSPS) is 12.2. The van der Waals surface area contributed by atoms with Crippen LogP contribution in [-0.4, -0.2) is 36.8 Å². The highest BCUT2D eigenvalue weighted by molar-refractivity contribution is 6.31. The highest BCUT2D eigenvalue weighted by Crippen LogP contribution is 2.31. The van der Waals surface area contributed by atoms with Gasteiger partial charge in [0.2, 0.25) is 0 Å². The summed E-state index contributed by atoms with van der Waals surface area (Å²) in [6, 6.07) is 8.73. The van der Waals surface area contributed by atoms with Gasteiger partial charge in [-0.05, 0) is 25.1 Å². The first-order valence-corrected chi connectivity index (χ1v) is 9.16. The van der Waals surface area contributed by atoms with Gasteiger partial charge in [-0.1, -0.05) is 17.7 Å². The minimum absolute atomic E-state index is 0.0436. The summed E-state index contributed by atoms with van der Waals surface area (Å²) in [5.41, 5.74) is 1.87. The molecular formula is C20H22ClFN4O2. The van der Waals surface area contributed by atoms with Gasteiger partial charge in [-0.15, -0.1) is 0 Å². The van der Waals surface area contributed by atoms with Crippen LogP contribution in [0.3, 0.4) is 0 Å². The first kappa shape index (κ1) is 20.3. The second-order valence-corrected chi connectivity index (χ2v) is 6.77. The zero-order chi connectivity index (χ0) is 20.1. The largest absolute Gasteiger partial charge is 0.496 e. The SMILES string of the molecule is COC[C@H](C)NCc1cc2c(Nc3cccc(Cl)c3F)ncnc2cc1OC. The highest BCUT2D eigenvalue weighted by Gasteiger charge is 2.13. The molecule has 1 heterocycles. The lowest BCUT2D eigenvalue weighted by molar-refractivity contribution is 0.171. The Balaban J connectivity index is 1.97. The van der Waals surface area contributed by atoms with Crippen molar-refractivity contribution in [3.8, 4) is 5.75 Å². The van der Waals surface area contributed by atoms with Gasteiger partial charge in [0.1, 0.15) is 17.9 Å². The summed E-state index contributed by atoms with van der Waals surface area (Å²) in [6.45, 7) is 3.21. The van der Waals surface area contributed by atoms with E-state index in [4.69, 9.17) is 21.1 Å². The molecule has 1 atom stereocenters. The zero-order valence-electron chi connectivity index (χ0n) is 15.9. The van der Waals surface area contributed by atoms with E-state index in [9.17, 15) is 4.39 Å². The Hall–Kier alpha value is -2.48. The summed E-state index contributed by atoms with van der Waals surface area (Å²) >= 11 is 5.88. The van der Waals surface area contributed by atoms with Crippen molar-refractivity contribution in [2.45, 2.75) is 19.5 Å². The first-order valence-electron chi connectivity index (χ1n) is 8.78. The van der Waals surface area contributed by atoms with Crippen molar-refractivity contribution >= 4 is 34.0 Å². The Labute approximate surface area is 168 Å². The molecule has 3 aromatic rings. The van der Waals surface area contributed by atoms with Crippen LogP contribution in [0.25, 0.3) is 10.9 Å². The molecule has 0 aliphatic rings. The molecule has 0 saturated carbocycles. The van der Waals surface area contributed by atoms with Crippen molar-refractivity contribution in [2.75, 3.05) is 26.1 Å². The predicted octanol–water partition coefficient (Wildman–Crippen LogP) is 4.30. The Morgan fingerprint density at radius 1 is 1.21 bits per heavy atom. The molecule has 8 heteroatoms.